The van der Waals surface area contributed by atoms with Crippen LogP contribution in [0.1, 0.15) is 20.8 Å². The molecule has 2 aliphatic heterocycles. The molecule has 0 saturated carbocycles. The maximum atomic E-state index is 11.5. The fraction of sp³-hybridized carbons (Fsp3) is 0.889. The van der Waals surface area contributed by atoms with Crippen LogP contribution in [0.4, 0.5) is 4.79 Å². The lowest BCUT2D eigenvalue weighted by molar-refractivity contribution is -0.0257. The molecule has 13 heavy (non-hydrogen) atoms. The molecule has 1 amide bonds. The molecule has 0 aromatic carbocycles. The molecule has 2 heterocycles. The third kappa shape index (κ3) is 1.46. The number of carbonyl (C=O) groups excluding carboxylic acids is 1. The smallest absolute Gasteiger partial charge is 0.284 e. The van der Waals surface area contributed by atoms with Crippen molar-refractivity contribution in [2.75, 3.05) is 12.4 Å². The Morgan fingerprint density at radius 1 is 1.54 bits per heavy atom. The van der Waals surface area contributed by atoms with Crippen molar-refractivity contribution in [1.29, 1.82) is 0 Å². The average molecular weight is 201 g/mol. The van der Waals surface area contributed by atoms with Crippen molar-refractivity contribution in [2.24, 2.45) is 5.41 Å². The molecule has 0 radical (unpaired) electrons. The lowest BCUT2D eigenvalue weighted by Gasteiger charge is -2.32. The van der Waals surface area contributed by atoms with Gasteiger partial charge in [-0.1, -0.05) is 32.5 Å². The van der Waals surface area contributed by atoms with Gasteiger partial charge >= 0.3 is 0 Å². The van der Waals surface area contributed by atoms with E-state index in [-0.39, 0.29) is 16.9 Å². The van der Waals surface area contributed by atoms with Crippen LogP contribution in [0.3, 0.4) is 0 Å². The maximum Gasteiger partial charge on any atom is 0.284 e. The summed E-state index contributed by atoms with van der Waals surface area (Å²) in [6.45, 7) is 7.03. The lowest BCUT2D eigenvalue weighted by Crippen LogP contribution is -2.43. The van der Waals surface area contributed by atoms with E-state index in [1.165, 1.54) is 11.8 Å². The van der Waals surface area contributed by atoms with Crippen LogP contribution in [-0.4, -0.2) is 34.8 Å². The van der Waals surface area contributed by atoms with E-state index >= 15 is 0 Å². The highest BCUT2D eigenvalue weighted by Crippen LogP contribution is 2.38. The zero-order valence-electron chi connectivity index (χ0n) is 8.24. The van der Waals surface area contributed by atoms with E-state index in [0.29, 0.717) is 12.6 Å². The molecule has 0 aliphatic carbocycles. The number of carbonyl (C=O) groups is 1. The van der Waals surface area contributed by atoms with Gasteiger partial charge in [0.2, 0.25) is 0 Å². The number of amides is 1. The Morgan fingerprint density at radius 3 is 2.85 bits per heavy atom. The van der Waals surface area contributed by atoms with E-state index in [0.717, 1.165) is 5.75 Å². The molecular weight excluding hydrogens is 186 g/mol. The summed E-state index contributed by atoms with van der Waals surface area (Å²) >= 11 is 1.42. The second-order valence-electron chi connectivity index (χ2n) is 4.69. The Balaban J connectivity index is 2.19. The Hall–Kier alpha value is -0.220. The Kier molecular flexibility index (Phi) is 2.07. The minimum absolute atomic E-state index is 0.0231. The fourth-order valence-corrected chi connectivity index (χ4v) is 2.82. The number of nitrogens with zero attached hydrogens (tertiary/aromatic N) is 1. The highest BCUT2D eigenvalue weighted by Gasteiger charge is 2.47. The van der Waals surface area contributed by atoms with Crippen LogP contribution in [0, 0.1) is 5.41 Å². The number of rotatable bonds is 0. The summed E-state index contributed by atoms with van der Waals surface area (Å²) < 4.78 is 5.65. The summed E-state index contributed by atoms with van der Waals surface area (Å²) in [5.74, 6) is 0.894. The van der Waals surface area contributed by atoms with Gasteiger partial charge in [0, 0.05) is 11.2 Å². The van der Waals surface area contributed by atoms with Crippen LogP contribution in [0.25, 0.3) is 0 Å². The average Bonchev–Trinajstić information content (AvgIpc) is 2.51. The number of ether oxygens (including phenoxy) is 1. The fourth-order valence-electron chi connectivity index (χ4n) is 1.84. The van der Waals surface area contributed by atoms with Crippen molar-refractivity contribution >= 4 is 17.0 Å². The molecule has 2 aliphatic rings. The van der Waals surface area contributed by atoms with E-state index in [9.17, 15) is 4.79 Å². The lowest BCUT2D eigenvalue weighted by atomic mass is 9.93. The summed E-state index contributed by atoms with van der Waals surface area (Å²) in [4.78, 5) is 13.4. The summed E-state index contributed by atoms with van der Waals surface area (Å²) in [5.41, 5.74) is 0.0231. The quantitative estimate of drug-likeness (QED) is 0.599. The monoisotopic (exact) mass is 201 g/mol. The van der Waals surface area contributed by atoms with Crippen molar-refractivity contribution in [2.45, 2.75) is 33.0 Å². The minimum Gasteiger partial charge on any atom is -0.356 e. The second kappa shape index (κ2) is 2.89. The summed E-state index contributed by atoms with van der Waals surface area (Å²) in [5, 5.41) is 0.183. The molecule has 3 nitrogen and oxygen atoms in total. The minimum atomic E-state index is -0.0278. The van der Waals surface area contributed by atoms with E-state index in [1.807, 2.05) is 4.90 Å². The van der Waals surface area contributed by atoms with Gasteiger partial charge in [-0.2, -0.15) is 0 Å². The zero-order chi connectivity index (χ0) is 9.64. The zero-order valence-corrected chi connectivity index (χ0v) is 9.06. The predicted molar refractivity (Wildman–Crippen MR) is 52.7 cm³/mol. The molecule has 2 unspecified atom stereocenters. The molecule has 0 aromatic heterocycles. The maximum absolute atomic E-state index is 11.5. The molecule has 74 valence electrons. The number of hydrogen-bond donors (Lipinski definition) is 0. The van der Waals surface area contributed by atoms with Crippen LogP contribution in [0.2, 0.25) is 0 Å². The molecular formula is C9H15NO2S. The van der Waals surface area contributed by atoms with Gasteiger partial charge in [-0.3, -0.25) is 4.79 Å². The molecule has 2 rings (SSSR count). The van der Waals surface area contributed by atoms with E-state index in [2.05, 4.69) is 20.8 Å². The predicted octanol–water partition coefficient (Wildman–Crippen LogP) is 1.93. The van der Waals surface area contributed by atoms with Gasteiger partial charge in [0.25, 0.3) is 5.24 Å². The topological polar surface area (TPSA) is 29.5 Å². The molecule has 2 saturated heterocycles. The Bertz CT molecular complexity index is 236. The number of hydrogen-bond acceptors (Lipinski definition) is 3. The molecule has 2 fully saturated rings. The molecule has 2 atom stereocenters. The molecule has 0 spiro atoms. The standard InChI is InChI=1S/C9H15NO2S/c1-9(2,3)7-10-6(4-12-7)5-13-8(10)11/h6-7H,4-5H2,1-3H3. The van der Waals surface area contributed by atoms with E-state index in [4.69, 9.17) is 4.74 Å². The van der Waals surface area contributed by atoms with E-state index in [1.54, 1.807) is 0 Å². The first-order chi connectivity index (χ1) is 6.00. The van der Waals surface area contributed by atoms with Crippen molar-refractivity contribution in [3.63, 3.8) is 0 Å². The van der Waals surface area contributed by atoms with Crippen LogP contribution < -0.4 is 0 Å². The molecule has 4 heteroatoms. The van der Waals surface area contributed by atoms with Gasteiger partial charge in [0.15, 0.2) is 0 Å². The summed E-state index contributed by atoms with van der Waals surface area (Å²) in [7, 11) is 0. The SMILES string of the molecule is CC(C)(C)C1OCC2CSC(=O)N21. The highest BCUT2D eigenvalue weighted by molar-refractivity contribution is 8.13. The van der Waals surface area contributed by atoms with Crippen molar-refractivity contribution < 1.29 is 9.53 Å². The van der Waals surface area contributed by atoms with Gasteiger partial charge in [0.05, 0.1) is 12.6 Å². The van der Waals surface area contributed by atoms with Crippen molar-refractivity contribution in [3.05, 3.63) is 0 Å². The van der Waals surface area contributed by atoms with E-state index < -0.39 is 0 Å². The molecule has 0 bridgehead atoms. The summed E-state index contributed by atoms with van der Waals surface area (Å²) in [6.07, 6.45) is -0.0278. The van der Waals surface area contributed by atoms with Crippen LogP contribution in [0.15, 0.2) is 0 Å². The van der Waals surface area contributed by atoms with Gasteiger partial charge in [0.1, 0.15) is 6.23 Å². The van der Waals surface area contributed by atoms with Crippen LogP contribution >= 0.6 is 11.8 Å². The third-order valence-corrected chi connectivity index (χ3v) is 3.45. The summed E-state index contributed by atoms with van der Waals surface area (Å²) in [6, 6.07) is 0.321. The highest BCUT2D eigenvalue weighted by atomic mass is 32.2. The molecule has 0 N–H and O–H groups in total. The van der Waals surface area contributed by atoms with Crippen molar-refractivity contribution in [3.8, 4) is 0 Å². The largest absolute Gasteiger partial charge is 0.356 e. The van der Waals surface area contributed by atoms with Gasteiger partial charge in [-0.25, -0.2) is 0 Å². The van der Waals surface area contributed by atoms with Crippen molar-refractivity contribution in [1.82, 2.24) is 4.90 Å². The van der Waals surface area contributed by atoms with Crippen LogP contribution in [0.5, 0.6) is 0 Å². The van der Waals surface area contributed by atoms with Crippen LogP contribution in [-0.2, 0) is 4.74 Å². The first-order valence-corrected chi connectivity index (χ1v) is 5.55. The number of thioether (sulfide) groups is 1. The van der Waals surface area contributed by atoms with Gasteiger partial charge in [-0.05, 0) is 0 Å². The second-order valence-corrected chi connectivity index (χ2v) is 5.66. The number of fused-ring (bicyclic) bond motifs is 1. The van der Waals surface area contributed by atoms with Gasteiger partial charge in [-0.15, -0.1) is 0 Å². The Labute approximate surface area is 82.8 Å². The first-order valence-electron chi connectivity index (χ1n) is 4.57. The first kappa shape index (κ1) is 9.34. The van der Waals surface area contributed by atoms with Gasteiger partial charge < -0.3 is 9.64 Å². The Morgan fingerprint density at radius 2 is 2.23 bits per heavy atom. The third-order valence-electron chi connectivity index (χ3n) is 2.44. The molecule has 0 aromatic rings. The normalized spacial score (nSPS) is 34.1.